The third kappa shape index (κ3) is 2.76. The molecule has 0 unspecified atom stereocenters. The fraction of sp³-hybridized carbons (Fsp3) is 0.125. The summed E-state index contributed by atoms with van der Waals surface area (Å²) in [6.07, 6.45) is 5.70. The maximum atomic E-state index is 5.68. The second-order valence-electron chi connectivity index (χ2n) is 7.38. The SMILES string of the molecule is Cn1ccc2cc(-c3cnc4nc(-c5ccc6c(c5)OCCO6)cnc4c3)ccc21. The lowest BCUT2D eigenvalue weighted by Crippen LogP contribution is -2.15. The lowest BCUT2D eigenvalue weighted by Gasteiger charge is -2.18. The van der Waals surface area contributed by atoms with Crippen molar-refractivity contribution >= 4 is 22.1 Å². The number of hydrogen-bond acceptors (Lipinski definition) is 5. The van der Waals surface area contributed by atoms with Gasteiger partial charge in [-0.15, -0.1) is 0 Å². The molecule has 0 N–H and O–H groups in total. The summed E-state index contributed by atoms with van der Waals surface area (Å²) in [5.74, 6) is 1.50. The third-order valence-corrected chi connectivity index (χ3v) is 5.46. The molecule has 4 heterocycles. The van der Waals surface area contributed by atoms with Crippen LogP contribution in [0.1, 0.15) is 0 Å². The first-order valence-electron chi connectivity index (χ1n) is 9.83. The lowest BCUT2D eigenvalue weighted by molar-refractivity contribution is 0.171. The Morgan fingerprint density at radius 2 is 1.67 bits per heavy atom. The van der Waals surface area contributed by atoms with Gasteiger partial charge in [-0.2, -0.15) is 0 Å². The summed E-state index contributed by atoms with van der Waals surface area (Å²) in [5.41, 5.74) is 6.40. The van der Waals surface area contributed by atoms with Gasteiger partial charge in [0.2, 0.25) is 0 Å². The Morgan fingerprint density at radius 3 is 2.60 bits per heavy atom. The normalized spacial score (nSPS) is 13.1. The van der Waals surface area contributed by atoms with Crippen molar-refractivity contribution in [1.82, 2.24) is 19.5 Å². The molecule has 0 atom stereocenters. The molecule has 0 bridgehead atoms. The highest BCUT2D eigenvalue weighted by Gasteiger charge is 2.14. The maximum Gasteiger partial charge on any atom is 0.178 e. The van der Waals surface area contributed by atoms with E-state index in [9.17, 15) is 0 Å². The zero-order chi connectivity index (χ0) is 20.1. The molecule has 6 nitrogen and oxygen atoms in total. The summed E-state index contributed by atoms with van der Waals surface area (Å²) in [4.78, 5) is 13.9. The van der Waals surface area contributed by atoms with Gasteiger partial charge in [0.25, 0.3) is 0 Å². The molecule has 3 aromatic heterocycles. The van der Waals surface area contributed by atoms with E-state index in [0.29, 0.717) is 18.9 Å². The summed E-state index contributed by atoms with van der Waals surface area (Å²) < 4.78 is 13.4. The molecule has 0 fully saturated rings. The molecule has 0 saturated carbocycles. The molecule has 0 spiro atoms. The van der Waals surface area contributed by atoms with Crippen LogP contribution in [-0.2, 0) is 7.05 Å². The molecule has 5 aromatic rings. The van der Waals surface area contributed by atoms with Crippen molar-refractivity contribution in [1.29, 1.82) is 0 Å². The molecule has 0 saturated heterocycles. The number of benzene rings is 2. The predicted molar refractivity (Wildman–Crippen MR) is 116 cm³/mol. The van der Waals surface area contributed by atoms with Crippen LogP contribution in [0.25, 0.3) is 44.5 Å². The van der Waals surface area contributed by atoms with Gasteiger partial charge < -0.3 is 14.0 Å². The second kappa shape index (κ2) is 6.56. The molecule has 6 rings (SSSR count). The number of ether oxygens (including phenoxy) is 2. The number of rotatable bonds is 2. The van der Waals surface area contributed by atoms with Crippen molar-refractivity contribution in [3.05, 3.63) is 67.1 Å². The molecule has 2 aromatic carbocycles. The molecule has 6 heteroatoms. The highest BCUT2D eigenvalue weighted by Crippen LogP contribution is 2.34. The van der Waals surface area contributed by atoms with Crippen LogP contribution < -0.4 is 9.47 Å². The van der Waals surface area contributed by atoms with Gasteiger partial charge in [-0.05, 0) is 48.0 Å². The van der Waals surface area contributed by atoms with Gasteiger partial charge in [0, 0.05) is 41.5 Å². The van der Waals surface area contributed by atoms with Gasteiger partial charge in [0.15, 0.2) is 17.1 Å². The molecular weight excluding hydrogens is 376 g/mol. The average Bonchev–Trinajstić information content (AvgIpc) is 3.18. The van der Waals surface area contributed by atoms with Crippen molar-refractivity contribution in [3.63, 3.8) is 0 Å². The van der Waals surface area contributed by atoms with E-state index in [4.69, 9.17) is 14.5 Å². The van der Waals surface area contributed by atoms with Gasteiger partial charge in [-0.1, -0.05) is 6.07 Å². The van der Waals surface area contributed by atoms with E-state index in [1.807, 2.05) is 30.5 Å². The van der Waals surface area contributed by atoms with Crippen LogP contribution in [0.4, 0.5) is 0 Å². The van der Waals surface area contributed by atoms with Crippen molar-refractivity contribution < 1.29 is 9.47 Å². The van der Waals surface area contributed by atoms with Crippen LogP contribution in [0.3, 0.4) is 0 Å². The molecule has 146 valence electrons. The summed E-state index contributed by atoms with van der Waals surface area (Å²) in [7, 11) is 2.05. The first-order valence-corrected chi connectivity index (χ1v) is 9.83. The summed E-state index contributed by atoms with van der Waals surface area (Å²) >= 11 is 0. The van der Waals surface area contributed by atoms with Crippen LogP contribution in [-0.4, -0.2) is 32.7 Å². The Kier molecular flexibility index (Phi) is 3.71. The van der Waals surface area contributed by atoms with Gasteiger partial charge >= 0.3 is 0 Å². The Balaban J connectivity index is 1.38. The van der Waals surface area contributed by atoms with Crippen molar-refractivity contribution in [2.24, 2.45) is 7.05 Å². The number of fused-ring (bicyclic) bond motifs is 3. The minimum Gasteiger partial charge on any atom is -0.486 e. The van der Waals surface area contributed by atoms with Crippen molar-refractivity contribution in [3.8, 4) is 33.9 Å². The van der Waals surface area contributed by atoms with E-state index in [2.05, 4.69) is 52.0 Å². The quantitative estimate of drug-likeness (QED) is 0.437. The molecule has 1 aliphatic heterocycles. The minimum atomic E-state index is 0.555. The van der Waals surface area contributed by atoms with Gasteiger partial charge in [-0.25, -0.2) is 9.97 Å². The molecule has 0 amide bonds. The molecule has 0 aliphatic carbocycles. The Labute approximate surface area is 172 Å². The Hall–Kier alpha value is -3.93. The van der Waals surface area contributed by atoms with E-state index in [-0.39, 0.29) is 0 Å². The van der Waals surface area contributed by atoms with Crippen molar-refractivity contribution in [2.45, 2.75) is 0 Å². The summed E-state index contributed by atoms with van der Waals surface area (Å²) in [5, 5.41) is 1.20. The maximum absolute atomic E-state index is 5.68. The van der Waals surface area contributed by atoms with Gasteiger partial charge in [-0.3, -0.25) is 4.98 Å². The smallest absolute Gasteiger partial charge is 0.178 e. The summed E-state index contributed by atoms with van der Waals surface area (Å²) in [6.45, 7) is 1.13. The molecule has 30 heavy (non-hydrogen) atoms. The highest BCUT2D eigenvalue weighted by atomic mass is 16.6. The number of nitrogens with zero attached hydrogens (tertiary/aromatic N) is 4. The van der Waals surface area contributed by atoms with E-state index in [1.54, 1.807) is 6.20 Å². The topological polar surface area (TPSA) is 62.1 Å². The minimum absolute atomic E-state index is 0.555. The van der Waals surface area contributed by atoms with Crippen LogP contribution >= 0.6 is 0 Å². The zero-order valence-electron chi connectivity index (χ0n) is 16.4. The first kappa shape index (κ1) is 17.0. The van der Waals surface area contributed by atoms with Crippen LogP contribution in [0, 0.1) is 0 Å². The lowest BCUT2D eigenvalue weighted by atomic mass is 10.1. The van der Waals surface area contributed by atoms with Crippen LogP contribution in [0.5, 0.6) is 11.5 Å². The zero-order valence-corrected chi connectivity index (χ0v) is 16.4. The van der Waals surface area contributed by atoms with Crippen LogP contribution in [0.2, 0.25) is 0 Å². The first-order chi connectivity index (χ1) is 14.7. The fourth-order valence-electron chi connectivity index (χ4n) is 3.86. The number of pyridine rings is 1. The standard InChI is InChI=1S/C24H18N4O2/c1-28-7-6-17-10-15(2-4-21(17)28)18-11-19-24(26-13-18)27-20(14-25-19)16-3-5-22-23(12-16)30-9-8-29-22/h2-7,10-14H,8-9H2,1H3. The van der Waals surface area contributed by atoms with E-state index < -0.39 is 0 Å². The van der Waals surface area contributed by atoms with E-state index >= 15 is 0 Å². The Morgan fingerprint density at radius 1 is 0.800 bits per heavy atom. The Bertz CT molecular complexity index is 1420. The van der Waals surface area contributed by atoms with E-state index in [0.717, 1.165) is 39.4 Å². The fourth-order valence-corrected chi connectivity index (χ4v) is 3.86. The molecular formula is C24H18N4O2. The number of aromatic nitrogens is 4. The number of hydrogen-bond donors (Lipinski definition) is 0. The predicted octanol–water partition coefficient (Wildman–Crippen LogP) is 4.62. The molecule has 1 aliphatic rings. The summed E-state index contributed by atoms with van der Waals surface area (Å²) in [6, 6.07) is 16.4. The monoisotopic (exact) mass is 394 g/mol. The third-order valence-electron chi connectivity index (χ3n) is 5.46. The molecule has 0 radical (unpaired) electrons. The second-order valence-corrected chi connectivity index (χ2v) is 7.38. The van der Waals surface area contributed by atoms with Gasteiger partial charge in [0.1, 0.15) is 18.7 Å². The van der Waals surface area contributed by atoms with Crippen molar-refractivity contribution in [2.75, 3.05) is 13.2 Å². The van der Waals surface area contributed by atoms with Gasteiger partial charge in [0.05, 0.1) is 11.9 Å². The van der Waals surface area contributed by atoms with E-state index in [1.165, 1.54) is 10.9 Å². The highest BCUT2D eigenvalue weighted by molar-refractivity contribution is 5.87. The number of aryl methyl sites for hydroxylation is 1. The largest absolute Gasteiger partial charge is 0.486 e. The average molecular weight is 394 g/mol. The van der Waals surface area contributed by atoms with Crippen LogP contribution in [0.15, 0.2) is 67.1 Å².